The average Bonchev–Trinajstić information content (AvgIpc) is 3.16. The molecule has 0 aliphatic carbocycles. The van der Waals surface area contributed by atoms with Crippen LogP contribution in [-0.2, 0) is 6.54 Å². The van der Waals surface area contributed by atoms with Gasteiger partial charge in [-0.1, -0.05) is 43.7 Å². The fourth-order valence-electron chi connectivity index (χ4n) is 3.94. The van der Waals surface area contributed by atoms with Gasteiger partial charge in [-0.05, 0) is 57.6 Å². The van der Waals surface area contributed by atoms with E-state index in [0.29, 0.717) is 12.0 Å². The molecule has 0 unspecified atom stereocenters. The first-order valence-corrected chi connectivity index (χ1v) is 11.3. The van der Waals surface area contributed by atoms with E-state index in [1.165, 1.54) is 11.1 Å². The lowest BCUT2D eigenvalue weighted by atomic mass is 10.1. The molecular formula is C26H32N6. The van der Waals surface area contributed by atoms with Crippen molar-refractivity contribution in [2.24, 2.45) is 0 Å². The molecule has 0 radical (unpaired) electrons. The van der Waals surface area contributed by atoms with Gasteiger partial charge in [-0.25, -0.2) is 15.0 Å². The first-order valence-electron chi connectivity index (χ1n) is 11.3. The third kappa shape index (κ3) is 4.65. The summed E-state index contributed by atoms with van der Waals surface area (Å²) in [6.07, 6.45) is 5.99. The van der Waals surface area contributed by atoms with Gasteiger partial charge in [0.1, 0.15) is 5.65 Å². The second-order valence-corrected chi connectivity index (χ2v) is 8.60. The van der Waals surface area contributed by atoms with Gasteiger partial charge >= 0.3 is 0 Å². The molecule has 3 heterocycles. The minimum absolute atomic E-state index is 0.359. The maximum atomic E-state index is 5.04. The molecule has 3 aromatic heterocycles. The topological polar surface area (TPSA) is 58.4 Å². The molecule has 6 heteroatoms. The SMILES string of the molecule is CCC(CC)Nc1nccc(-c2c(-c3ccc(C)cc3)nc3cc(CN(C)C)ccn23)n1. The van der Waals surface area contributed by atoms with Crippen LogP contribution in [0.1, 0.15) is 37.8 Å². The molecule has 0 bridgehead atoms. The second kappa shape index (κ2) is 9.49. The Kier molecular flexibility index (Phi) is 6.51. The van der Waals surface area contributed by atoms with Crippen LogP contribution < -0.4 is 5.32 Å². The molecule has 166 valence electrons. The summed E-state index contributed by atoms with van der Waals surface area (Å²) >= 11 is 0. The lowest BCUT2D eigenvalue weighted by Gasteiger charge is -2.15. The minimum Gasteiger partial charge on any atom is -0.351 e. The molecule has 0 fully saturated rings. The number of anilines is 1. The maximum absolute atomic E-state index is 5.04. The number of pyridine rings is 1. The Balaban J connectivity index is 1.86. The van der Waals surface area contributed by atoms with E-state index in [1.54, 1.807) is 0 Å². The van der Waals surface area contributed by atoms with Gasteiger partial charge in [0.05, 0.1) is 17.1 Å². The standard InChI is InChI=1S/C26H32N6/c1-6-21(7-2)28-26-27-14-12-22(29-26)25-24(20-10-8-18(3)9-11-20)30-23-16-19(17-31(4)5)13-15-32(23)25/h8-16,21H,6-7,17H2,1-5H3,(H,27,28,29). The van der Waals surface area contributed by atoms with Crippen molar-refractivity contribution in [3.05, 3.63) is 66.0 Å². The predicted molar refractivity (Wildman–Crippen MR) is 132 cm³/mol. The van der Waals surface area contributed by atoms with E-state index >= 15 is 0 Å². The number of aryl methyl sites for hydroxylation is 1. The molecule has 0 saturated heterocycles. The largest absolute Gasteiger partial charge is 0.351 e. The minimum atomic E-state index is 0.359. The summed E-state index contributed by atoms with van der Waals surface area (Å²) in [6.45, 7) is 7.32. The zero-order chi connectivity index (χ0) is 22.7. The lowest BCUT2D eigenvalue weighted by molar-refractivity contribution is 0.402. The molecule has 32 heavy (non-hydrogen) atoms. The molecule has 1 N–H and O–H groups in total. The second-order valence-electron chi connectivity index (χ2n) is 8.60. The number of benzene rings is 1. The van der Waals surface area contributed by atoms with Gasteiger partial charge in [-0.15, -0.1) is 0 Å². The van der Waals surface area contributed by atoms with Crippen molar-refractivity contribution in [2.75, 3.05) is 19.4 Å². The number of nitrogens with zero attached hydrogens (tertiary/aromatic N) is 5. The molecule has 0 saturated carbocycles. The zero-order valence-electron chi connectivity index (χ0n) is 19.6. The summed E-state index contributed by atoms with van der Waals surface area (Å²) in [4.78, 5) is 16.6. The van der Waals surface area contributed by atoms with Crippen LogP contribution in [0.15, 0.2) is 54.9 Å². The van der Waals surface area contributed by atoms with Gasteiger partial charge in [-0.2, -0.15) is 0 Å². The Morgan fingerprint density at radius 2 is 1.75 bits per heavy atom. The number of fused-ring (bicyclic) bond motifs is 1. The van der Waals surface area contributed by atoms with E-state index in [0.717, 1.165) is 47.7 Å². The van der Waals surface area contributed by atoms with Crippen LogP contribution in [0.5, 0.6) is 0 Å². The molecule has 4 rings (SSSR count). The van der Waals surface area contributed by atoms with Gasteiger partial charge in [0.25, 0.3) is 0 Å². The van der Waals surface area contributed by atoms with Gasteiger partial charge in [0, 0.05) is 30.5 Å². The molecule has 0 atom stereocenters. The number of hydrogen-bond acceptors (Lipinski definition) is 5. The molecule has 1 aromatic carbocycles. The Morgan fingerprint density at radius 1 is 1.00 bits per heavy atom. The summed E-state index contributed by atoms with van der Waals surface area (Å²) < 4.78 is 2.14. The van der Waals surface area contributed by atoms with Crippen molar-refractivity contribution in [2.45, 2.75) is 46.2 Å². The summed E-state index contributed by atoms with van der Waals surface area (Å²) in [7, 11) is 4.16. The lowest BCUT2D eigenvalue weighted by Crippen LogP contribution is -2.18. The van der Waals surface area contributed by atoms with Crippen molar-refractivity contribution in [1.82, 2.24) is 24.3 Å². The van der Waals surface area contributed by atoms with Crippen molar-refractivity contribution < 1.29 is 0 Å². The van der Waals surface area contributed by atoms with Crippen LogP contribution in [0.3, 0.4) is 0 Å². The average molecular weight is 429 g/mol. The predicted octanol–water partition coefficient (Wildman–Crippen LogP) is 5.43. The number of nitrogens with one attached hydrogen (secondary N) is 1. The Hall–Kier alpha value is -3.25. The highest BCUT2D eigenvalue weighted by molar-refractivity contribution is 5.81. The Labute approximate surface area is 190 Å². The molecular weight excluding hydrogens is 396 g/mol. The van der Waals surface area contributed by atoms with Crippen LogP contribution in [0, 0.1) is 6.92 Å². The quantitative estimate of drug-likeness (QED) is 0.406. The van der Waals surface area contributed by atoms with Crippen LogP contribution in [0.4, 0.5) is 5.95 Å². The van der Waals surface area contributed by atoms with Crippen LogP contribution >= 0.6 is 0 Å². The van der Waals surface area contributed by atoms with Crippen molar-refractivity contribution in [3.8, 4) is 22.6 Å². The normalized spacial score (nSPS) is 11.6. The van der Waals surface area contributed by atoms with Gasteiger partial charge in [-0.3, -0.25) is 4.40 Å². The summed E-state index contributed by atoms with van der Waals surface area (Å²) in [5, 5.41) is 3.47. The van der Waals surface area contributed by atoms with E-state index in [1.807, 2.05) is 12.3 Å². The molecule has 0 aliphatic rings. The fourth-order valence-corrected chi connectivity index (χ4v) is 3.94. The number of rotatable bonds is 8. The molecule has 0 amide bonds. The number of hydrogen-bond donors (Lipinski definition) is 1. The van der Waals surface area contributed by atoms with Crippen LogP contribution in [-0.4, -0.2) is 44.4 Å². The van der Waals surface area contributed by atoms with Gasteiger partial charge in [0.15, 0.2) is 0 Å². The van der Waals surface area contributed by atoms with Gasteiger partial charge < -0.3 is 10.2 Å². The monoisotopic (exact) mass is 428 g/mol. The van der Waals surface area contributed by atoms with Crippen molar-refractivity contribution in [1.29, 1.82) is 0 Å². The highest BCUT2D eigenvalue weighted by Crippen LogP contribution is 2.32. The maximum Gasteiger partial charge on any atom is 0.223 e. The Morgan fingerprint density at radius 3 is 2.44 bits per heavy atom. The van der Waals surface area contributed by atoms with E-state index in [9.17, 15) is 0 Å². The first kappa shape index (κ1) is 22.0. The highest BCUT2D eigenvalue weighted by atomic mass is 15.1. The third-order valence-electron chi connectivity index (χ3n) is 5.73. The summed E-state index contributed by atoms with van der Waals surface area (Å²) in [5.41, 5.74) is 7.23. The summed E-state index contributed by atoms with van der Waals surface area (Å²) in [5.74, 6) is 0.658. The van der Waals surface area contributed by atoms with Crippen LogP contribution in [0.2, 0.25) is 0 Å². The fraction of sp³-hybridized carbons (Fsp3) is 0.346. The summed E-state index contributed by atoms with van der Waals surface area (Å²) in [6, 6.07) is 15.1. The van der Waals surface area contributed by atoms with Crippen molar-refractivity contribution >= 4 is 11.6 Å². The molecule has 4 aromatic rings. The van der Waals surface area contributed by atoms with E-state index in [-0.39, 0.29) is 0 Å². The van der Waals surface area contributed by atoms with E-state index < -0.39 is 0 Å². The smallest absolute Gasteiger partial charge is 0.223 e. The number of aromatic nitrogens is 4. The van der Waals surface area contributed by atoms with Crippen LogP contribution in [0.25, 0.3) is 28.3 Å². The number of imidazole rings is 1. The van der Waals surface area contributed by atoms with E-state index in [4.69, 9.17) is 9.97 Å². The molecule has 6 nitrogen and oxygen atoms in total. The Bertz CT molecular complexity index is 1190. The highest BCUT2D eigenvalue weighted by Gasteiger charge is 2.18. The first-order chi connectivity index (χ1) is 15.5. The van der Waals surface area contributed by atoms with Gasteiger partial charge in [0.2, 0.25) is 5.95 Å². The molecule has 0 spiro atoms. The van der Waals surface area contributed by atoms with E-state index in [2.05, 4.69) is 97.1 Å². The van der Waals surface area contributed by atoms with Crippen molar-refractivity contribution in [3.63, 3.8) is 0 Å². The molecule has 0 aliphatic heterocycles. The third-order valence-corrected chi connectivity index (χ3v) is 5.73. The zero-order valence-corrected chi connectivity index (χ0v) is 19.6.